The molecule has 2 aliphatic carbocycles. The van der Waals surface area contributed by atoms with E-state index in [2.05, 4.69) is 0 Å². The Morgan fingerprint density at radius 2 is 1.76 bits per heavy atom. The first-order chi connectivity index (χ1) is 18.0. The molecule has 1 aliphatic heterocycles. The Morgan fingerprint density at radius 1 is 1.08 bits per heavy atom. The van der Waals surface area contributed by atoms with Crippen LogP contribution in [0.1, 0.15) is 82.7 Å². The number of nitrogens with two attached hydrogens (primary N) is 1. The van der Waals surface area contributed by atoms with Gasteiger partial charge >= 0.3 is 0 Å². The van der Waals surface area contributed by atoms with Crippen LogP contribution in [-0.2, 0) is 14.3 Å². The molecule has 0 aromatic heterocycles. The maximum absolute atomic E-state index is 13.7. The van der Waals surface area contributed by atoms with Crippen LogP contribution in [0.4, 0.5) is 0 Å². The Balaban J connectivity index is 1.72. The maximum atomic E-state index is 13.7. The van der Waals surface area contributed by atoms with Crippen LogP contribution in [0.25, 0.3) is 5.57 Å². The normalized spacial score (nSPS) is 26.5. The third kappa shape index (κ3) is 3.75. The second-order valence-electron chi connectivity index (χ2n) is 9.93. The number of fused-ring (bicyclic) bond motifs is 3. The number of aromatic hydroxyl groups is 2. The monoisotopic (exact) mass is 523 g/mol. The summed E-state index contributed by atoms with van der Waals surface area (Å²) in [6, 6.07) is 3.90. The molecular formula is C28H29NO9. The number of carbonyl (C=O) groups is 3. The number of ketones is 3. The lowest BCUT2D eigenvalue weighted by atomic mass is 9.75. The van der Waals surface area contributed by atoms with Crippen molar-refractivity contribution >= 4 is 22.9 Å². The lowest BCUT2D eigenvalue weighted by Crippen LogP contribution is -2.52. The number of Topliss-reactive ketones (excluding diaryl/α,β-unsaturated/α-hetero) is 1. The number of aliphatic hydroxyl groups excluding tert-OH is 1. The molecule has 3 aliphatic rings. The van der Waals surface area contributed by atoms with Gasteiger partial charge in [-0.2, -0.15) is 0 Å². The molecule has 0 bridgehead atoms. The molecule has 2 aromatic rings. The van der Waals surface area contributed by atoms with Gasteiger partial charge in [0.1, 0.15) is 17.2 Å². The number of benzene rings is 2. The second-order valence-corrected chi connectivity index (χ2v) is 9.93. The van der Waals surface area contributed by atoms with Gasteiger partial charge in [-0.05, 0) is 32.4 Å². The fourth-order valence-corrected chi connectivity index (χ4v) is 5.73. The van der Waals surface area contributed by atoms with Gasteiger partial charge in [0.2, 0.25) is 5.78 Å². The van der Waals surface area contributed by atoms with Crippen molar-refractivity contribution in [2.24, 2.45) is 5.73 Å². The quantitative estimate of drug-likeness (QED) is 0.373. The Bertz CT molecular complexity index is 1410. The molecule has 5 unspecified atom stereocenters. The van der Waals surface area contributed by atoms with E-state index in [0.717, 1.165) is 0 Å². The predicted molar refractivity (Wildman–Crippen MR) is 134 cm³/mol. The van der Waals surface area contributed by atoms with Crippen LogP contribution >= 0.6 is 0 Å². The van der Waals surface area contributed by atoms with Crippen LogP contribution < -0.4 is 10.5 Å². The average Bonchev–Trinajstić information content (AvgIpc) is 2.87. The van der Waals surface area contributed by atoms with Crippen molar-refractivity contribution < 1.29 is 43.9 Å². The highest BCUT2D eigenvalue weighted by Gasteiger charge is 2.44. The molecule has 0 amide bonds. The first kappa shape index (κ1) is 26.1. The van der Waals surface area contributed by atoms with Gasteiger partial charge in [-0.3, -0.25) is 14.4 Å². The highest BCUT2D eigenvalue weighted by atomic mass is 16.7. The molecular weight excluding hydrogens is 494 g/mol. The molecule has 1 heterocycles. The smallest absolute Gasteiger partial charge is 0.202 e. The van der Waals surface area contributed by atoms with Crippen molar-refractivity contribution in [3.63, 3.8) is 0 Å². The number of methoxy groups -OCH3 is 1. The number of phenolic OH excluding ortho intramolecular Hbond substituents is 2. The number of ether oxygens (including phenoxy) is 3. The number of allylic oxidation sites excluding steroid dienone is 1. The van der Waals surface area contributed by atoms with Gasteiger partial charge in [-0.25, -0.2) is 0 Å². The second kappa shape index (κ2) is 9.32. The number of carbonyl (C=O) groups excluding carboxylic acids is 3. The van der Waals surface area contributed by atoms with Crippen molar-refractivity contribution in [2.45, 2.75) is 64.3 Å². The number of hydrogen-bond acceptors (Lipinski definition) is 10. The molecule has 0 spiro atoms. The van der Waals surface area contributed by atoms with Crippen molar-refractivity contribution in [1.29, 1.82) is 0 Å². The molecule has 0 saturated carbocycles. The zero-order valence-corrected chi connectivity index (χ0v) is 21.4. The molecule has 5 N–H and O–H groups in total. The molecule has 5 atom stereocenters. The molecule has 1 fully saturated rings. The number of phenols is 2. The highest BCUT2D eigenvalue weighted by Crippen LogP contribution is 2.53. The van der Waals surface area contributed by atoms with E-state index < -0.39 is 53.7 Å². The largest absolute Gasteiger partial charge is 0.507 e. The number of rotatable bonds is 4. The summed E-state index contributed by atoms with van der Waals surface area (Å²) in [6.07, 6.45) is -3.30. The summed E-state index contributed by atoms with van der Waals surface area (Å²) >= 11 is 0. The minimum Gasteiger partial charge on any atom is -0.507 e. The van der Waals surface area contributed by atoms with Crippen LogP contribution in [0.2, 0.25) is 0 Å². The summed E-state index contributed by atoms with van der Waals surface area (Å²) in [5.41, 5.74) is 6.19. The van der Waals surface area contributed by atoms with E-state index in [-0.39, 0.29) is 57.8 Å². The first-order valence-corrected chi connectivity index (χ1v) is 12.3. The fourth-order valence-electron chi connectivity index (χ4n) is 5.73. The van der Waals surface area contributed by atoms with Gasteiger partial charge < -0.3 is 35.3 Å². The van der Waals surface area contributed by atoms with E-state index in [1.54, 1.807) is 19.9 Å². The fraction of sp³-hybridized carbons (Fsp3) is 0.393. The molecule has 0 radical (unpaired) electrons. The van der Waals surface area contributed by atoms with Gasteiger partial charge in [0.25, 0.3) is 0 Å². The van der Waals surface area contributed by atoms with E-state index in [9.17, 15) is 29.7 Å². The molecule has 38 heavy (non-hydrogen) atoms. The van der Waals surface area contributed by atoms with Gasteiger partial charge in [-0.1, -0.05) is 12.1 Å². The molecule has 5 rings (SSSR count). The highest BCUT2D eigenvalue weighted by molar-refractivity contribution is 6.31. The summed E-state index contributed by atoms with van der Waals surface area (Å²) in [5, 5.41) is 33.2. The van der Waals surface area contributed by atoms with Crippen LogP contribution in [0, 0.1) is 0 Å². The zero-order valence-electron chi connectivity index (χ0n) is 21.4. The van der Waals surface area contributed by atoms with E-state index in [1.807, 2.05) is 0 Å². The topological polar surface area (TPSA) is 166 Å². The van der Waals surface area contributed by atoms with Crippen molar-refractivity contribution in [3.05, 3.63) is 57.2 Å². The Labute approximate surface area is 218 Å². The number of hydrogen-bond donors (Lipinski definition) is 4. The van der Waals surface area contributed by atoms with Gasteiger partial charge in [0.15, 0.2) is 17.9 Å². The van der Waals surface area contributed by atoms with Gasteiger partial charge in [-0.15, -0.1) is 0 Å². The van der Waals surface area contributed by atoms with Crippen LogP contribution in [0.5, 0.6) is 17.2 Å². The summed E-state index contributed by atoms with van der Waals surface area (Å²) in [4.78, 5) is 39.8. The predicted octanol–water partition coefficient (Wildman–Crippen LogP) is 2.53. The molecule has 2 aromatic carbocycles. The minimum atomic E-state index is -1.02. The summed E-state index contributed by atoms with van der Waals surface area (Å²) in [7, 11) is 1.36. The van der Waals surface area contributed by atoms with Gasteiger partial charge in [0, 0.05) is 41.1 Å². The molecule has 10 heteroatoms. The maximum Gasteiger partial charge on any atom is 0.202 e. The van der Waals surface area contributed by atoms with E-state index in [4.69, 9.17) is 19.9 Å². The lowest BCUT2D eigenvalue weighted by molar-refractivity contribution is -0.240. The van der Waals surface area contributed by atoms with Crippen molar-refractivity contribution in [2.75, 3.05) is 7.11 Å². The van der Waals surface area contributed by atoms with Crippen LogP contribution in [0.15, 0.2) is 23.8 Å². The molecule has 10 nitrogen and oxygen atoms in total. The summed E-state index contributed by atoms with van der Waals surface area (Å²) < 4.78 is 17.3. The van der Waals surface area contributed by atoms with Crippen LogP contribution in [-0.4, -0.2) is 64.3 Å². The van der Waals surface area contributed by atoms with E-state index >= 15 is 0 Å². The summed E-state index contributed by atoms with van der Waals surface area (Å²) in [6.45, 7) is 4.63. The third-order valence-electron chi connectivity index (χ3n) is 7.69. The number of aliphatic hydroxyl groups is 1. The van der Waals surface area contributed by atoms with E-state index in [0.29, 0.717) is 11.1 Å². The minimum absolute atomic E-state index is 0.0171. The zero-order chi connectivity index (χ0) is 27.6. The third-order valence-corrected chi connectivity index (χ3v) is 7.69. The molecule has 1 saturated heterocycles. The summed E-state index contributed by atoms with van der Waals surface area (Å²) in [5.74, 6) is -2.51. The first-order valence-electron chi connectivity index (χ1n) is 12.3. The SMILES string of the molecule is COc1cccc2c1C(=O)c1c(O)c3c(c(O)c1C2=O)C(C)=C(C(C)=O)CC3OC1CC(N)C(O)C(C)O1. The van der Waals surface area contributed by atoms with Crippen LogP contribution in [0.3, 0.4) is 0 Å². The van der Waals surface area contributed by atoms with Crippen molar-refractivity contribution in [3.8, 4) is 17.2 Å². The van der Waals surface area contributed by atoms with Crippen molar-refractivity contribution in [1.82, 2.24) is 0 Å². The van der Waals surface area contributed by atoms with E-state index in [1.165, 1.54) is 26.2 Å². The molecule has 200 valence electrons. The lowest BCUT2D eigenvalue weighted by Gasteiger charge is -2.39. The standard InChI is InChI=1S/C28H29NO9/c1-10-14(11(2)30)8-17(38-18-9-15(29)24(31)12(3)37-18)21-19(10)26(33)22-23(28(21)35)27(34)20-13(25(22)32)6-5-7-16(20)36-4/h5-7,12,15,17-18,24,31,33,35H,8-9,29H2,1-4H3. The Morgan fingerprint density at radius 3 is 2.39 bits per heavy atom. The van der Waals surface area contributed by atoms with Gasteiger partial charge in [0.05, 0.1) is 42.1 Å². The Kier molecular flexibility index (Phi) is 6.39. The Hall–Kier alpha value is -3.57. The average molecular weight is 524 g/mol.